The topological polar surface area (TPSA) is 113 Å². The van der Waals surface area contributed by atoms with Crippen molar-refractivity contribution in [3.8, 4) is 11.6 Å². The van der Waals surface area contributed by atoms with Gasteiger partial charge >= 0.3 is 0 Å². The third-order valence-corrected chi connectivity index (χ3v) is 5.67. The zero-order valence-electron chi connectivity index (χ0n) is 16.0. The summed E-state index contributed by atoms with van der Waals surface area (Å²) in [6.45, 7) is 0.459. The minimum Gasteiger partial charge on any atom is -0.495 e. The van der Waals surface area contributed by atoms with Gasteiger partial charge in [0.2, 0.25) is 11.8 Å². The first-order valence-electron chi connectivity index (χ1n) is 8.67. The van der Waals surface area contributed by atoms with Crippen molar-refractivity contribution in [2.45, 2.75) is 11.4 Å². The first-order valence-corrected chi connectivity index (χ1v) is 10.2. The number of pyridine rings is 1. The van der Waals surface area contributed by atoms with Crippen LogP contribution in [0.2, 0.25) is 0 Å². The van der Waals surface area contributed by atoms with Gasteiger partial charge in [-0.15, -0.1) is 10.2 Å². The molecule has 3 aromatic heterocycles. The summed E-state index contributed by atoms with van der Waals surface area (Å²) >= 11 is 0. The van der Waals surface area contributed by atoms with E-state index in [4.69, 9.17) is 9.47 Å². The molecule has 0 saturated heterocycles. The summed E-state index contributed by atoms with van der Waals surface area (Å²) in [5.41, 5.74) is 1.16. The summed E-state index contributed by atoms with van der Waals surface area (Å²) in [6.07, 6.45) is 3.47. The number of sulfonamides is 1. The van der Waals surface area contributed by atoms with Crippen molar-refractivity contribution in [2.75, 3.05) is 18.9 Å². The number of hydrogen-bond donors (Lipinski definition) is 1. The Morgan fingerprint density at radius 2 is 1.97 bits per heavy atom. The smallest absolute Gasteiger partial charge is 0.270 e. The molecule has 0 unspecified atom stereocenters. The molecule has 0 saturated carbocycles. The van der Waals surface area contributed by atoms with Gasteiger partial charge in [-0.05, 0) is 29.8 Å². The van der Waals surface area contributed by atoms with Gasteiger partial charge in [0.15, 0.2) is 10.5 Å². The summed E-state index contributed by atoms with van der Waals surface area (Å²) in [5.74, 6) is -0.954. The van der Waals surface area contributed by atoms with Crippen LogP contribution in [0.5, 0.6) is 11.6 Å². The fraction of sp³-hybridized carbons (Fsp3) is 0.167. The van der Waals surface area contributed by atoms with Crippen molar-refractivity contribution in [1.29, 1.82) is 0 Å². The lowest BCUT2D eigenvalue weighted by Crippen LogP contribution is -2.18. The van der Waals surface area contributed by atoms with Crippen molar-refractivity contribution in [3.05, 3.63) is 60.2 Å². The molecule has 4 rings (SSSR count). The molecule has 0 aliphatic carbocycles. The highest BCUT2D eigenvalue weighted by atomic mass is 32.2. The van der Waals surface area contributed by atoms with E-state index < -0.39 is 20.7 Å². The maximum atomic E-state index is 14.3. The van der Waals surface area contributed by atoms with Crippen molar-refractivity contribution >= 4 is 21.6 Å². The Labute approximate surface area is 170 Å². The zero-order chi connectivity index (χ0) is 21.3. The van der Waals surface area contributed by atoms with Crippen molar-refractivity contribution < 1.29 is 22.3 Å². The van der Waals surface area contributed by atoms with Crippen LogP contribution in [0.1, 0.15) is 5.56 Å². The van der Waals surface area contributed by atoms with Crippen LogP contribution in [0, 0.1) is 5.82 Å². The lowest BCUT2D eigenvalue weighted by molar-refractivity contribution is 0.392. The summed E-state index contributed by atoms with van der Waals surface area (Å²) in [5, 5.41) is 12.1. The number of hydrogen-bond acceptors (Lipinski definition) is 7. The minimum absolute atomic E-state index is 0.134. The molecule has 10 nitrogen and oxygen atoms in total. The summed E-state index contributed by atoms with van der Waals surface area (Å²) < 4.78 is 55.7. The van der Waals surface area contributed by atoms with Crippen molar-refractivity contribution in [2.24, 2.45) is 0 Å². The number of rotatable bonds is 7. The first-order chi connectivity index (χ1) is 14.4. The van der Waals surface area contributed by atoms with Gasteiger partial charge in [-0.2, -0.15) is 5.10 Å². The molecule has 4 aromatic rings. The largest absolute Gasteiger partial charge is 0.495 e. The van der Waals surface area contributed by atoms with Crippen LogP contribution in [0.15, 0.2) is 53.7 Å². The number of halogens is 1. The van der Waals surface area contributed by atoms with E-state index in [0.29, 0.717) is 12.2 Å². The van der Waals surface area contributed by atoms with E-state index >= 15 is 0 Å². The lowest BCUT2D eigenvalue weighted by atomic mass is 10.2. The molecule has 1 N–H and O–H groups in total. The third kappa shape index (κ3) is 3.52. The van der Waals surface area contributed by atoms with Gasteiger partial charge in [-0.25, -0.2) is 21.9 Å². The number of ether oxygens (including phenoxy) is 2. The number of anilines is 1. The predicted molar refractivity (Wildman–Crippen MR) is 105 cm³/mol. The number of aromatic nitrogens is 5. The van der Waals surface area contributed by atoms with Gasteiger partial charge in [0.25, 0.3) is 10.0 Å². The van der Waals surface area contributed by atoms with E-state index in [2.05, 4.69) is 20.0 Å². The fourth-order valence-corrected chi connectivity index (χ4v) is 4.22. The Balaban J connectivity index is 1.75. The monoisotopic (exact) mass is 432 g/mol. The lowest BCUT2D eigenvalue weighted by Gasteiger charge is -2.13. The van der Waals surface area contributed by atoms with Gasteiger partial charge in [-0.3, -0.25) is 4.68 Å². The summed E-state index contributed by atoms with van der Waals surface area (Å²) in [6, 6.07) is 8.96. The van der Waals surface area contributed by atoms with Gasteiger partial charge < -0.3 is 9.47 Å². The zero-order valence-corrected chi connectivity index (χ0v) is 16.8. The second-order valence-corrected chi connectivity index (χ2v) is 7.82. The molecule has 0 spiro atoms. The number of fused-ring (bicyclic) bond motifs is 1. The molecule has 0 bridgehead atoms. The minimum atomic E-state index is -4.37. The van der Waals surface area contributed by atoms with Crippen LogP contribution >= 0.6 is 0 Å². The summed E-state index contributed by atoms with van der Waals surface area (Å²) in [7, 11) is -1.68. The second-order valence-electron chi connectivity index (χ2n) is 6.20. The molecule has 30 heavy (non-hydrogen) atoms. The standard InChI is InChI=1S/C18H17FN6O4S/c1-28-14-6-3-5-13(19)17(14)30(26,27)23-18-22-21-15-9-12(10-16(29-2)25(15)18)11-24-8-4-7-20-24/h3-10H,11H2,1-2H3,(H,22,23). The molecule has 0 fully saturated rings. The molecule has 0 aliphatic rings. The number of nitrogens with one attached hydrogen (secondary N) is 1. The maximum Gasteiger partial charge on any atom is 0.270 e. The third-order valence-electron chi connectivity index (χ3n) is 4.29. The molecule has 3 heterocycles. The molecule has 12 heteroatoms. The fourth-order valence-electron chi connectivity index (χ4n) is 3.01. The molecule has 0 aliphatic heterocycles. The van der Waals surface area contributed by atoms with Crippen molar-refractivity contribution in [1.82, 2.24) is 24.4 Å². The average molecular weight is 432 g/mol. The van der Waals surface area contributed by atoms with Crippen molar-refractivity contribution in [3.63, 3.8) is 0 Å². The second kappa shape index (κ2) is 7.63. The SMILES string of the molecule is COc1cccc(F)c1S(=O)(=O)Nc1nnc2cc(Cn3cccn3)cc(OC)n12. The first kappa shape index (κ1) is 19.6. The van der Waals surface area contributed by atoms with Gasteiger partial charge in [0.1, 0.15) is 11.6 Å². The van der Waals surface area contributed by atoms with Crippen LogP contribution in [-0.4, -0.2) is 47.0 Å². The Morgan fingerprint density at radius 1 is 1.13 bits per heavy atom. The van der Waals surface area contributed by atoms with E-state index in [0.717, 1.165) is 11.6 Å². The molecular weight excluding hydrogens is 415 g/mol. The van der Waals surface area contributed by atoms with Crippen LogP contribution in [0.4, 0.5) is 10.3 Å². The van der Waals surface area contributed by atoms with Crippen LogP contribution in [0.3, 0.4) is 0 Å². The number of nitrogens with zero attached hydrogens (tertiary/aromatic N) is 5. The van der Waals surface area contributed by atoms with Gasteiger partial charge in [0.05, 0.1) is 20.8 Å². The van der Waals surface area contributed by atoms with Crippen LogP contribution in [0.25, 0.3) is 5.65 Å². The van der Waals surface area contributed by atoms with E-state index in [1.54, 1.807) is 29.1 Å². The van der Waals surface area contributed by atoms with E-state index in [-0.39, 0.29) is 17.6 Å². The van der Waals surface area contributed by atoms with E-state index in [1.165, 1.54) is 30.8 Å². The Bertz CT molecular complexity index is 1300. The Kier molecular flexibility index (Phi) is 4.99. The predicted octanol–water partition coefficient (Wildman–Crippen LogP) is 1.93. The maximum absolute atomic E-state index is 14.3. The normalized spacial score (nSPS) is 11.6. The van der Waals surface area contributed by atoms with E-state index in [9.17, 15) is 12.8 Å². The quantitative estimate of drug-likeness (QED) is 0.475. The molecule has 0 atom stereocenters. The molecule has 0 radical (unpaired) electrons. The van der Waals surface area contributed by atoms with Crippen LogP contribution < -0.4 is 14.2 Å². The summed E-state index contributed by atoms with van der Waals surface area (Å²) in [4.78, 5) is -0.626. The highest BCUT2D eigenvalue weighted by Crippen LogP contribution is 2.29. The molecular formula is C18H17FN6O4S. The Hall–Kier alpha value is -3.67. The highest BCUT2D eigenvalue weighted by Gasteiger charge is 2.27. The van der Waals surface area contributed by atoms with Gasteiger partial charge in [0, 0.05) is 18.5 Å². The number of benzene rings is 1. The molecule has 0 amide bonds. The number of methoxy groups -OCH3 is 2. The Morgan fingerprint density at radius 3 is 2.67 bits per heavy atom. The molecule has 1 aromatic carbocycles. The van der Waals surface area contributed by atoms with E-state index in [1.807, 2.05) is 6.20 Å². The van der Waals surface area contributed by atoms with Crippen LogP contribution in [-0.2, 0) is 16.6 Å². The van der Waals surface area contributed by atoms with Gasteiger partial charge in [-0.1, -0.05) is 6.07 Å². The average Bonchev–Trinajstić information content (AvgIpc) is 3.37. The molecule has 156 valence electrons. The highest BCUT2D eigenvalue weighted by molar-refractivity contribution is 7.92.